The van der Waals surface area contributed by atoms with E-state index >= 15 is 0 Å². The number of benzene rings is 1. The van der Waals surface area contributed by atoms with Gasteiger partial charge in [0.1, 0.15) is 5.82 Å². The minimum Gasteiger partial charge on any atom is -0.328 e. The molecule has 3 heterocycles. The number of pyridine rings is 1. The third-order valence-electron chi connectivity index (χ3n) is 4.89. The Kier molecular flexibility index (Phi) is 5.02. The van der Waals surface area contributed by atoms with Gasteiger partial charge in [0.15, 0.2) is 0 Å². The topological polar surface area (TPSA) is 57.6 Å². The van der Waals surface area contributed by atoms with Gasteiger partial charge in [-0.1, -0.05) is 37.3 Å². The van der Waals surface area contributed by atoms with Crippen LogP contribution in [0.3, 0.4) is 0 Å². The lowest BCUT2D eigenvalue weighted by molar-refractivity contribution is 0.0765. The van der Waals surface area contributed by atoms with Gasteiger partial charge < -0.3 is 10.3 Å². The van der Waals surface area contributed by atoms with Crippen LogP contribution < -0.4 is 5.43 Å². The van der Waals surface area contributed by atoms with Gasteiger partial charge in [-0.05, 0) is 29.3 Å². The number of nitrogens with zero attached hydrogens (tertiary/aromatic N) is 3. The quantitative estimate of drug-likeness (QED) is 0.891. The molecule has 0 aliphatic carbocycles. The fourth-order valence-corrected chi connectivity index (χ4v) is 3.34. The molecule has 0 bridgehead atoms. The van der Waals surface area contributed by atoms with Gasteiger partial charge in [-0.2, -0.15) is 5.10 Å². The van der Waals surface area contributed by atoms with Crippen LogP contribution in [-0.2, 0) is 13.1 Å². The minimum atomic E-state index is -0.319. The molecule has 142 valence electrons. The molecule has 2 aliphatic rings. The maximum Gasteiger partial charge on any atom is 0.256 e. The zero-order valence-corrected chi connectivity index (χ0v) is 15.6. The van der Waals surface area contributed by atoms with Crippen LogP contribution in [0, 0.1) is 11.7 Å². The second kappa shape index (κ2) is 7.76. The molecule has 1 amide bonds. The summed E-state index contributed by atoms with van der Waals surface area (Å²) in [7, 11) is 0. The van der Waals surface area contributed by atoms with Gasteiger partial charge in [0.25, 0.3) is 5.91 Å². The lowest BCUT2D eigenvalue weighted by Crippen LogP contribution is -2.23. The van der Waals surface area contributed by atoms with Crippen molar-refractivity contribution in [2.45, 2.75) is 20.0 Å². The Morgan fingerprint density at radius 3 is 3.04 bits per heavy atom. The molecule has 1 unspecified atom stereocenters. The van der Waals surface area contributed by atoms with Gasteiger partial charge in [-0.3, -0.25) is 9.78 Å². The van der Waals surface area contributed by atoms with E-state index in [0.29, 0.717) is 24.2 Å². The van der Waals surface area contributed by atoms with Crippen molar-refractivity contribution in [3.63, 3.8) is 0 Å². The summed E-state index contributed by atoms with van der Waals surface area (Å²) in [6.45, 7) is 3.24. The predicted octanol–water partition coefficient (Wildman–Crippen LogP) is 3.54. The van der Waals surface area contributed by atoms with E-state index in [4.69, 9.17) is 0 Å². The summed E-state index contributed by atoms with van der Waals surface area (Å²) < 4.78 is 14.8. The molecule has 1 aromatic heterocycles. The molecule has 0 saturated carbocycles. The maximum absolute atomic E-state index is 14.8. The Balaban J connectivity index is 1.53. The summed E-state index contributed by atoms with van der Waals surface area (Å²) in [5.41, 5.74) is 6.52. The maximum atomic E-state index is 14.8. The number of carbonyl (C=O) groups is 1. The molecule has 0 saturated heterocycles. The molecule has 1 atom stereocenters. The number of aromatic nitrogens is 1. The fraction of sp³-hybridized carbons (Fsp3) is 0.227. The number of fused-ring (bicyclic) bond motifs is 1. The molecule has 2 aliphatic heterocycles. The Bertz CT molecular complexity index is 996. The van der Waals surface area contributed by atoms with Crippen LogP contribution in [0.15, 0.2) is 59.9 Å². The highest BCUT2D eigenvalue weighted by Crippen LogP contribution is 2.25. The largest absolute Gasteiger partial charge is 0.328 e. The lowest BCUT2D eigenvalue weighted by Gasteiger charge is -2.16. The first-order valence-corrected chi connectivity index (χ1v) is 9.28. The van der Waals surface area contributed by atoms with Gasteiger partial charge in [-0.15, -0.1) is 0 Å². The molecule has 1 N–H and O–H groups in total. The smallest absolute Gasteiger partial charge is 0.256 e. The van der Waals surface area contributed by atoms with E-state index in [0.717, 1.165) is 16.8 Å². The Hall–Kier alpha value is -3.28. The standard InChI is InChI=1S/C22H21FN4O/c1-15-4-5-16(8-10-25-26-12-15)17-6-7-18(20(23)11-17)13-27-14-21-19(22(27)28)3-2-9-24-21/h2-9,11-12,15,25H,10,13-14H2,1H3/b5-4-,16-8+,26-12?. The van der Waals surface area contributed by atoms with Crippen molar-refractivity contribution in [2.24, 2.45) is 11.0 Å². The van der Waals surface area contributed by atoms with Crippen LogP contribution in [0.25, 0.3) is 5.57 Å². The average molecular weight is 376 g/mol. The van der Waals surface area contributed by atoms with Crippen LogP contribution >= 0.6 is 0 Å². The van der Waals surface area contributed by atoms with Crippen molar-refractivity contribution in [3.8, 4) is 0 Å². The summed E-state index contributed by atoms with van der Waals surface area (Å²) in [4.78, 5) is 18.4. The molecule has 5 nitrogen and oxygen atoms in total. The minimum absolute atomic E-state index is 0.103. The van der Waals surface area contributed by atoms with E-state index in [1.54, 1.807) is 29.3 Å². The van der Waals surface area contributed by atoms with Crippen molar-refractivity contribution in [1.29, 1.82) is 0 Å². The second-order valence-corrected chi connectivity index (χ2v) is 6.98. The van der Waals surface area contributed by atoms with Crippen LogP contribution in [0.2, 0.25) is 0 Å². The summed E-state index contributed by atoms with van der Waals surface area (Å²) in [6, 6.07) is 8.68. The van der Waals surface area contributed by atoms with Gasteiger partial charge in [-0.25, -0.2) is 4.39 Å². The second-order valence-electron chi connectivity index (χ2n) is 6.98. The first-order chi connectivity index (χ1) is 13.6. The van der Waals surface area contributed by atoms with Crippen molar-refractivity contribution < 1.29 is 9.18 Å². The number of carbonyl (C=O) groups excluding carboxylic acids is 1. The van der Waals surface area contributed by atoms with E-state index in [-0.39, 0.29) is 24.2 Å². The molecule has 0 spiro atoms. The number of amides is 1. The van der Waals surface area contributed by atoms with Crippen molar-refractivity contribution in [3.05, 3.63) is 83.0 Å². The molecule has 0 fully saturated rings. The predicted molar refractivity (Wildman–Crippen MR) is 107 cm³/mol. The average Bonchev–Trinajstić information content (AvgIpc) is 3.06. The number of halogens is 1. The molecular weight excluding hydrogens is 355 g/mol. The van der Waals surface area contributed by atoms with E-state index in [2.05, 4.69) is 15.5 Å². The number of hydrogen-bond donors (Lipinski definition) is 1. The fourth-order valence-electron chi connectivity index (χ4n) is 3.34. The molecule has 28 heavy (non-hydrogen) atoms. The number of hydrazone groups is 1. The SMILES string of the molecule is CC1C=NNC/C=C(c2ccc(CN3Cc4ncccc4C3=O)c(F)c2)\C=C/1. The zero-order chi connectivity index (χ0) is 19.5. The van der Waals surface area contributed by atoms with Crippen molar-refractivity contribution in [2.75, 3.05) is 6.54 Å². The van der Waals surface area contributed by atoms with Crippen molar-refractivity contribution >= 4 is 17.7 Å². The molecule has 1 aromatic carbocycles. The van der Waals surface area contributed by atoms with E-state index < -0.39 is 0 Å². The third-order valence-corrected chi connectivity index (χ3v) is 4.89. The van der Waals surface area contributed by atoms with E-state index in [9.17, 15) is 9.18 Å². The van der Waals surface area contributed by atoms with Crippen LogP contribution in [0.4, 0.5) is 4.39 Å². The molecule has 6 heteroatoms. The van der Waals surface area contributed by atoms with Gasteiger partial charge in [0.2, 0.25) is 0 Å². The van der Waals surface area contributed by atoms with Crippen LogP contribution in [-0.4, -0.2) is 28.6 Å². The summed E-state index contributed by atoms with van der Waals surface area (Å²) in [5, 5.41) is 4.13. The third kappa shape index (κ3) is 3.71. The van der Waals surface area contributed by atoms with Crippen LogP contribution in [0.1, 0.15) is 34.1 Å². The van der Waals surface area contributed by atoms with Gasteiger partial charge in [0, 0.05) is 30.4 Å². The number of hydrogen-bond acceptors (Lipinski definition) is 4. The Morgan fingerprint density at radius 1 is 1.32 bits per heavy atom. The lowest BCUT2D eigenvalue weighted by atomic mass is 10.0. The zero-order valence-electron chi connectivity index (χ0n) is 15.6. The van der Waals surface area contributed by atoms with Crippen molar-refractivity contribution in [1.82, 2.24) is 15.3 Å². The summed E-state index contributed by atoms with van der Waals surface area (Å²) in [5.74, 6) is -0.233. The highest BCUT2D eigenvalue weighted by molar-refractivity contribution is 5.97. The molecule has 2 aromatic rings. The monoisotopic (exact) mass is 376 g/mol. The first kappa shape index (κ1) is 18.1. The molecule has 4 rings (SSSR count). The number of nitrogens with one attached hydrogen (secondary N) is 1. The molecule has 0 radical (unpaired) electrons. The normalized spacial score (nSPS) is 21.8. The first-order valence-electron chi connectivity index (χ1n) is 9.28. The van der Waals surface area contributed by atoms with Crippen LogP contribution in [0.5, 0.6) is 0 Å². The Labute approximate surface area is 163 Å². The number of rotatable bonds is 3. The summed E-state index contributed by atoms with van der Waals surface area (Å²) in [6.07, 6.45) is 9.50. The van der Waals surface area contributed by atoms with E-state index in [1.165, 1.54) is 6.07 Å². The highest BCUT2D eigenvalue weighted by atomic mass is 19.1. The Morgan fingerprint density at radius 2 is 2.21 bits per heavy atom. The molecular formula is C22H21FN4O. The van der Waals surface area contributed by atoms with E-state index in [1.807, 2.05) is 37.4 Å². The van der Waals surface area contributed by atoms with Gasteiger partial charge >= 0.3 is 0 Å². The highest BCUT2D eigenvalue weighted by Gasteiger charge is 2.28. The summed E-state index contributed by atoms with van der Waals surface area (Å²) >= 11 is 0. The van der Waals surface area contributed by atoms with Gasteiger partial charge in [0.05, 0.1) is 24.3 Å². The number of allylic oxidation sites excluding steroid dienone is 3.